The zero-order valence-corrected chi connectivity index (χ0v) is 13.4. The van der Waals surface area contributed by atoms with E-state index in [0.717, 1.165) is 11.1 Å². The normalized spacial score (nSPS) is 10.7. The number of carbonyl (C=O) groups is 1. The summed E-state index contributed by atoms with van der Waals surface area (Å²) in [6, 6.07) is 10.8. The number of amides is 1. The molecule has 6 heteroatoms. The Labute approximate surface area is 137 Å². The van der Waals surface area contributed by atoms with E-state index in [1.54, 1.807) is 18.2 Å². The summed E-state index contributed by atoms with van der Waals surface area (Å²) in [6.45, 7) is 2.63. The third kappa shape index (κ3) is 3.27. The van der Waals surface area contributed by atoms with Crippen molar-refractivity contribution in [2.24, 2.45) is 0 Å². The number of rotatable bonds is 4. The number of nitrogens with one attached hydrogen (secondary N) is 1. The SMILES string of the molecule is CCCNC(=O)c1ccc(-c2nc(=O)c3ccccc3s2)nc1. The maximum Gasteiger partial charge on any atom is 0.279 e. The van der Waals surface area contributed by atoms with Crippen LogP contribution in [0.5, 0.6) is 0 Å². The van der Waals surface area contributed by atoms with E-state index in [-0.39, 0.29) is 11.5 Å². The van der Waals surface area contributed by atoms with Crippen LogP contribution in [-0.2, 0) is 0 Å². The Morgan fingerprint density at radius 2 is 2.04 bits per heavy atom. The van der Waals surface area contributed by atoms with Gasteiger partial charge in [0.2, 0.25) is 0 Å². The molecule has 0 saturated heterocycles. The van der Waals surface area contributed by atoms with Gasteiger partial charge in [0.15, 0.2) is 0 Å². The Morgan fingerprint density at radius 1 is 1.22 bits per heavy atom. The molecular weight excluding hydrogens is 310 g/mol. The standard InChI is InChI=1S/C17H15N3O2S/c1-2-9-18-15(21)11-7-8-13(19-10-11)17-20-16(22)12-5-3-4-6-14(12)23-17/h3-8,10H,2,9H2,1H3,(H,18,21). The van der Waals surface area contributed by atoms with Crippen molar-refractivity contribution in [3.63, 3.8) is 0 Å². The minimum Gasteiger partial charge on any atom is -0.352 e. The third-order valence-corrected chi connectivity index (χ3v) is 4.38. The number of hydrogen-bond donors (Lipinski definition) is 1. The first kappa shape index (κ1) is 15.3. The molecule has 0 unspecified atom stereocenters. The molecule has 0 aliphatic heterocycles. The molecule has 0 radical (unpaired) electrons. The smallest absolute Gasteiger partial charge is 0.279 e. The van der Waals surface area contributed by atoms with E-state index in [2.05, 4.69) is 15.3 Å². The summed E-state index contributed by atoms with van der Waals surface area (Å²) >= 11 is 1.41. The third-order valence-electron chi connectivity index (χ3n) is 3.31. The molecule has 0 bridgehead atoms. The van der Waals surface area contributed by atoms with Crippen molar-refractivity contribution in [1.29, 1.82) is 0 Å². The van der Waals surface area contributed by atoms with Gasteiger partial charge in [-0.1, -0.05) is 19.1 Å². The van der Waals surface area contributed by atoms with Crippen molar-refractivity contribution in [1.82, 2.24) is 15.3 Å². The van der Waals surface area contributed by atoms with Crippen molar-refractivity contribution in [3.05, 3.63) is 58.5 Å². The molecule has 5 nitrogen and oxygen atoms in total. The Hall–Kier alpha value is -2.60. The van der Waals surface area contributed by atoms with Crippen LogP contribution in [0.25, 0.3) is 20.8 Å². The molecule has 2 aromatic heterocycles. The van der Waals surface area contributed by atoms with Crippen molar-refractivity contribution in [2.75, 3.05) is 6.54 Å². The molecule has 0 aliphatic rings. The maximum absolute atomic E-state index is 12.1. The summed E-state index contributed by atoms with van der Waals surface area (Å²) < 4.78 is 0.870. The first-order valence-electron chi connectivity index (χ1n) is 7.33. The summed E-state index contributed by atoms with van der Waals surface area (Å²) in [7, 11) is 0. The first-order valence-corrected chi connectivity index (χ1v) is 8.15. The van der Waals surface area contributed by atoms with E-state index >= 15 is 0 Å². The van der Waals surface area contributed by atoms with Crippen LogP contribution in [0, 0.1) is 0 Å². The summed E-state index contributed by atoms with van der Waals surface area (Å²) in [6.07, 6.45) is 2.39. The van der Waals surface area contributed by atoms with E-state index in [1.165, 1.54) is 17.5 Å². The van der Waals surface area contributed by atoms with Gasteiger partial charge in [0, 0.05) is 17.4 Å². The molecule has 0 fully saturated rings. The highest BCUT2D eigenvalue weighted by atomic mass is 32.1. The van der Waals surface area contributed by atoms with Gasteiger partial charge < -0.3 is 5.32 Å². The highest BCUT2D eigenvalue weighted by molar-refractivity contribution is 7.21. The Kier molecular flexibility index (Phi) is 4.43. The molecule has 23 heavy (non-hydrogen) atoms. The molecule has 2 heterocycles. The van der Waals surface area contributed by atoms with E-state index in [9.17, 15) is 9.59 Å². The van der Waals surface area contributed by atoms with Crippen LogP contribution in [0.1, 0.15) is 23.7 Å². The molecule has 0 saturated carbocycles. The van der Waals surface area contributed by atoms with E-state index < -0.39 is 0 Å². The van der Waals surface area contributed by atoms with Gasteiger partial charge in [0.1, 0.15) is 5.01 Å². The highest BCUT2D eigenvalue weighted by Gasteiger charge is 2.09. The molecule has 1 N–H and O–H groups in total. The molecule has 0 atom stereocenters. The lowest BCUT2D eigenvalue weighted by atomic mass is 10.2. The number of benzene rings is 1. The van der Waals surface area contributed by atoms with E-state index in [1.807, 2.05) is 25.1 Å². The molecule has 1 amide bonds. The van der Waals surface area contributed by atoms with Crippen LogP contribution in [0.15, 0.2) is 47.4 Å². The van der Waals surface area contributed by atoms with Crippen LogP contribution < -0.4 is 10.9 Å². The second-order valence-corrected chi connectivity index (χ2v) is 6.04. The minimum atomic E-state index is -0.263. The highest BCUT2D eigenvalue weighted by Crippen LogP contribution is 2.24. The summed E-state index contributed by atoms with van der Waals surface area (Å²) in [4.78, 5) is 32.3. The average molecular weight is 325 g/mol. The summed E-state index contributed by atoms with van der Waals surface area (Å²) in [5.41, 5.74) is 0.821. The molecule has 0 spiro atoms. The van der Waals surface area contributed by atoms with Gasteiger partial charge >= 0.3 is 0 Å². The summed E-state index contributed by atoms with van der Waals surface area (Å²) in [5.74, 6) is -0.148. The van der Waals surface area contributed by atoms with Gasteiger partial charge in [0.05, 0.1) is 16.6 Å². The molecule has 0 aliphatic carbocycles. The lowest BCUT2D eigenvalue weighted by molar-refractivity contribution is 0.0953. The number of nitrogens with zero attached hydrogens (tertiary/aromatic N) is 2. The Bertz CT molecular complexity index is 904. The monoisotopic (exact) mass is 325 g/mol. The number of hydrogen-bond acceptors (Lipinski definition) is 5. The predicted octanol–water partition coefficient (Wildman–Crippen LogP) is 2.86. The predicted molar refractivity (Wildman–Crippen MR) is 91.7 cm³/mol. The van der Waals surface area contributed by atoms with Gasteiger partial charge in [-0.15, -0.1) is 11.3 Å². The zero-order valence-electron chi connectivity index (χ0n) is 12.6. The summed E-state index contributed by atoms with van der Waals surface area (Å²) in [5, 5.41) is 3.96. The second-order valence-electron chi connectivity index (χ2n) is 5.01. The number of aromatic nitrogens is 2. The Balaban J connectivity index is 1.93. The van der Waals surface area contributed by atoms with Crippen molar-refractivity contribution < 1.29 is 4.79 Å². The fourth-order valence-corrected chi connectivity index (χ4v) is 3.09. The van der Waals surface area contributed by atoms with E-state index in [0.29, 0.717) is 28.2 Å². The number of carbonyl (C=O) groups excluding carboxylic acids is 1. The van der Waals surface area contributed by atoms with Gasteiger partial charge in [-0.2, -0.15) is 4.98 Å². The second kappa shape index (κ2) is 6.66. The molecular formula is C17H15N3O2S. The first-order chi connectivity index (χ1) is 11.2. The van der Waals surface area contributed by atoms with Crippen LogP contribution >= 0.6 is 11.3 Å². The fraction of sp³-hybridized carbons (Fsp3) is 0.176. The fourth-order valence-electron chi connectivity index (χ4n) is 2.12. The van der Waals surface area contributed by atoms with Crippen LogP contribution in [0.4, 0.5) is 0 Å². The van der Waals surface area contributed by atoms with Crippen LogP contribution in [0.3, 0.4) is 0 Å². The van der Waals surface area contributed by atoms with E-state index in [4.69, 9.17) is 0 Å². The van der Waals surface area contributed by atoms with Crippen LogP contribution in [-0.4, -0.2) is 22.4 Å². The minimum absolute atomic E-state index is 0.148. The largest absolute Gasteiger partial charge is 0.352 e. The van der Waals surface area contributed by atoms with Gasteiger partial charge in [0.25, 0.3) is 11.5 Å². The van der Waals surface area contributed by atoms with Gasteiger partial charge in [-0.25, -0.2) is 0 Å². The van der Waals surface area contributed by atoms with Gasteiger partial charge in [-0.05, 0) is 30.7 Å². The van der Waals surface area contributed by atoms with Crippen molar-refractivity contribution in [2.45, 2.75) is 13.3 Å². The Morgan fingerprint density at radius 3 is 2.78 bits per heavy atom. The molecule has 1 aromatic carbocycles. The van der Waals surface area contributed by atoms with Crippen molar-refractivity contribution >= 4 is 27.3 Å². The topological polar surface area (TPSA) is 72.0 Å². The molecule has 116 valence electrons. The van der Waals surface area contributed by atoms with Gasteiger partial charge in [-0.3, -0.25) is 14.6 Å². The molecule has 3 rings (SSSR count). The number of pyridine rings is 1. The number of fused-ring (bicyclic) bond motifs is 1. The lowest BCUT2D eigenvalue weighted by Crippen LogP contribution is -2.24. The quantitative estimate of drug-likeness (QED) is 0.800. The van der Waals surface area contributed by atoms with Crippen LogP contribution in [0.2, 0.25) is 0 Å². The lowest BCUT2D eigenvalue weighted by Gasteiger charge is -2.04. The average Bonchev–Trinajstić information content (AvgIpc) is 2.60. The molecule has 3 aromatic rings. The van der Waals surface area contributed by atoms with Crippen molar-refractivity contribution in [3.8, 4) is 10.7 Å². The maximum atomic E-state index is 12.1. The zero-order chi connectivity index (χ0) is 16.2.